The van der Waals surface area contributed by atoms with Crippen LogP contribution in [0.25, 0.3) is 27.3 Å². The van der Waals surface area contributed by atoms with Gasteiger partial charge < -0.3 is 5.32 Å². The normalized spacial score (nSPS) is 11.1. The highest BCUT2D eigenvalue weighted by Crippen LogP contribution is 2.28. The van der Waals surface area contributed by atoms with Crippen LogP contribution >= 0.6 is 11.3 Å². The molecule has 158 valence electrons. The minimum absolute atomic E-state index is 0.243. The number of hydrogen-bond donors (Lipinski definition) is 2. The number of fused-ring (bicyclic) bond motifs is 1. The molecule has 0 aliphatic rings. The fourth-order valence-corrected chi connectivity index (χ4v) is 4.11. The molecule has 5 rings (SSSR count). The number of aryl methyl sites for hydroxylation is 1. The first-order valence-corrected chi connectivity index (χ1v) is 10.9. The quantitative estimate of drug-likeness (QED) is 0.423. The number of nitrogens with one attached hydrogen (secondary N) is 2. The van der Waals surface area contributed by atoms with Gasteiger partial charge in [0.2, 0.25) is 5.95 Å². The summed E-state index contributed by atoms with van der Waals surface area (Å²) < 4.78 is 1.46. The summed E-state index contributed by atoms with van der Waals surface area (Å²) in [5.41, 5.74) is 2.10. The van der Waals surface area contributed by atoms with Gasteiger partial charge in [-0.1, -0.05) is 36.4 Å². The Balaban J connectivity index is 1.57. The van der Waals surface area contributed by atoms with Gasteiger partial charge in [-0.3, -0.25) is 14.6 Å². The Hall–Kier alpha value is -4.04. The molecule has 2 aromatic carbocycles. The molecule has 0 unspecified atom stereocenters. The minimum atomic E-state index is -0.277. The summed E-state index contributed by atoms with van der Waals surface area (Å²) in [4.78, 5) is 33.6. The van der Waals surface area contributed by atoms with Crippen LogP contribution in [0.3, 0.4) is 0 Å². The van der Waals surface area contributed by atoms with Crippen molar-refractivity contribution in [2.45, 2.75) is 13.8 Å². The fourth-order valence-electron chi connectivity index (χ4n) is 3.43. The van der Waals surface area contributed by atoms with E-state index < -0.39 is 0 Å². The Morgan fingerprint density at radius 3 is 2.59 bits per heavy atom. The molecule has 5 aromatic rings. The summed E-state index contributed by atoms with van der Waals surface area (Å²) in [6.07, 6.45) is 0. The Labute approximate surface area is 187 Å². The summed E-state index contributed by atoms with van der Waals surface area (Å²) in [6, 6.07) is 19.1. The van der Waals surface area contributed by atoms with Crippen LogP contribution in [-0.2, 0) is 0 Å². The maximum absolute atomic E-state index is 13.1. The van der Waals surface area contributed by atoms with Crippen molar-refractivity contribution in [3.8, 4) is 16.5 Å². The molecule has 0 aliphatic carbocycles. The molecule has 0 radical (unpaired) electrons. The van der Waals surface area contributed by atoms with Gasteiger partial charge in [0.1, 0.15) is 11.5 Å². The second-order valence-electron chi connectivity index (χ2n) is 7.42. The lowest BCUT2D eigenvalue weighted by atomic mass is 10.1. The third-order valence-corrected chi connectivity index (χ3v) is 6.21. The zero-order valence-corrected chi connectivity index (χ0v) is 18.2. The molecule has 8 heteroatoms. The van der Waals surface area contributed by atoms with E-state index in [0.717, 1.165) is 15.6 Å². The number of aromatic amines is 1. The van der Waals surface area contributed by atoms with Crippen molar-refractivity contribution < 1.29 is 4.79 Å². The number of carbonyl (C=O) groups is 1. The first kappa shape index (κ1) is 19.9. The number of nitrogens with zero attached hydrogens (tertiary/aromatic N) is 3. The molecule has 0 aliphatic heterocycles. The van der Waals surface area contributed by atoms with Gasteiger partial charge in [-0.25, -0.2) is 4.98 Å². The largest absolute Gasteiger partial charge is 0.306 e. The second kappa shape index (κ2) is 7.90. The summed E-state index contributed by atoms with van der Waals surface area (Å²) in [5, 5.41) is 11.5. The number of rotatable bonds is 4. The van der Waals surface area contributed by atoms with Crippen LogP contribution in [-0.4, -0.2) is 25.7 Å². The lowest BCUT2D eigenvalue weighted by molar-refractivity contribution is 0.102. The Morgan fingerprint density at radius 2 is 1.84 bits per heavy atom. The van der Waals surface area contributed by atoms with E-state index >= 15 is 0 Å². The molecule has 0 saturated heterocycles. The molecule has 0 bridgehead atoms. The van der Waals surface area contributed by atoms with E-state index in [1.807, 2.05) is 53.9 Å². The number of carbonyl (C=O) groups excluding carboxylic acids is 1. The molecular formula is C24H19N5O2S. The van der Waals surface area contributed by atoms with E-state index in [0.29, 0.717) is 28.3 Å². The molecule has 3 heterocycles. The van der Waals surface area contributed by atoms with Gasteiger partial charge in [0.25, 0.3) is 11.5 Å². The monoisotopic (exact) mass is 441 g/mol. The highest BCUT2D eigenvalue weighted by Gasteiger charge is 2.18. The van der Waals surface area contributed by atoms with Crippen LogP contribution in [0.4, 0.5) is 5.82 Å². The van der Waals surface area contributed by atoms with E-state index in [9.17, 15) is 9.59 Å². The Kier molecular flexibility index (Phi) is 4.91. The average molecular weight is 442 g/mol. The number of amides is 1. The van der Waals surface area contributed by atoms with Gasteiger partial charge in [-0.2, -0.15) is 9.78 Å². The molecule has 0 atom stereocenters. The highest BCUT2D eigenvalue weighted by atomic mass is 32.1. The topological polar surface area (TPSA) is 92.7 Å². The van der Waals surface area contributed by atoms with Gasteiger partial charge >= 0.3 is 0 Å². The van der Waals surface area contributed by atoms with Crippen LogP contribution in [0.15, 0.2) is 70.8 Å². The third-order valence-electron chi connectivity index (χ3n) is 5.32. The van der Waals surface area contributed by atoms with E-state index in [1.165, 1.54) is 16.0 Å². The van der Waals surface area contributed by atoms with Gasteiger partial charge in [0.15, 0.2) is 0 Å². The Morgan fingerprint density at radius 1 is 1.03 bits per heavy atom. The van der Waals surface area contributed by atoms with Crippen molar-refractivity contribution >= 4 is 33.8 Å². The van der Waals surface area contributed by atoms with E-state index in [-0.39, 0.29) is 17.4 Å². The minimum Gasteiger partial charge on any atom is -0.306 e. The third kappa shape index (κ3) is 3.61. The van der Waals surface area contributed by atoms with E-state index in [4.69, 9.17) is 0 Å². The van der Waals surface area contributed by atoms with Crippen LogP contribution in [0, 0.1) is 13.8 Å². The van der Waals surface area contributed by atoms with Gasteiger partial charge in [-0.05, 0) is 48.2 Å². The molecule has 0 spiro atoms. The van der Waals surface area contributed by atoms with Crippen molar-refractivity contribution in [3.05, 3.63) is 93.2 Å². The van der Waals surface area contributed by atoms with Crippen LogP contribution in [0.5, 0.6) is 0 Å². The van der Waals surface area contributed by atoms with Gasteiger partial charge in [0, 0.05) is 22.9 Å². The maximum Gasteiger partial charge on any atom is 0.256 e. The number of aromatic nitrogens is 4. The van der Waals surface area contributed by atoms with Crippen molar-refractivity contribution in [1.82, 2.24) is 19.7 Å². The summed E-state index contributed by atoms with van der Waals surface area (Å²) >= 11 is 1.54. The number of benzene rings is 2. The molecule has 7 nitrogen and oxygen atoms in total. The van der Waals surface area contributed by atoms with Gasteiger partial charge in [0.05, 0.1) is 4.88 Å². The zero-order valence-electron chi connectivity index (χ0n) is 17.4. The molecule has 2 N–H and O–H groups in total. The lowest BCUT2D eigenvalue weighted by Crippen LogP contribution is -2.20. The second-order valence-corrected chi connectivity index (χ2v) is 8.37. The number of anilines is 1. The van der Waals surface area contributed by atoms with Gasteiger partial charge in [-0.15, -0.1) is 11.3 Å². The van der Waals surface area contributed by atoms with Crippen molar-refractivity contribution in [3.63, 3.8) is 0 Å². The molecule has 0 saturated carbocycles. The van der Waals surface area contributed by atoms with Crippen molar-refractivity contribution in [2.75, 3.05) is 5.32 Å². The predicted octanol–water partition coefficient (Wildman–Crippen LogP) is 4.71. The lowest BCUT2D eigenvalue weighted by Gasteiger charge is -2.10. The fraction of sp³-hybridized carbons (Fsp3) is 0.0833. The molecule has 3 aromatic heterocycles. The summed E-state index contributed by atoms with van der Waals surface area (Å²) in [6.45, 7) is 3.48. The molecule has 0 fully saturated rings. The molecule has 1 amide bonds. The number of thiophene rings is 1. The first-order valence-electron chi connectivity index (χ1n) is 10.0. The van der Waals surface area contributed by atoms with Crippen LogP contribution < -0.4 is 10.9 Å². The Bertz CT molecular complexity index is 1520. The zero-order chi connectivity index (χ0) is 22.2. The van der Waals surface area contributed by atoms with E-state index in [2.05, 4.69) is 20.4 Å². The van der Waals surface area contributed by atoms with Crippen molar-refractivity contribution in [1.29, 1.82) is 0 Å². The van der Waals surface area contributed by atoms with Crippen molar-refractivity contribution in [2.24, 2.45) is 0 Å². The predicted molar refractivity (Wildman–Crippen MR) is 127 cm³/mol. The first-order chi connectivity index (χ1) is 15.5. The summed E-state index contributed by atoms with van der Waals surface area (Å²) in [5.74, 6) is 0.383. The number of H-pyrrole nitrogens is 1. The maximum atomic E-state index is 13.1. The SMILES string of the molecule is Cc1nc(-n2nc(-c3cccs3)cc2NC(=O)c2ccc3ccccc3c2)[nH]c(=O)c1C. The van der Waals surface area contributed by atoms with Crippen LogP contribution in [0.2, 0.25) is 0 Å². The molecular weight excluding hydrogens is 422 g/mol. The average Bonchev–Trinajstić information content (AvgIpc) is 3.47. The standard InChI is InChI=1S/C24H19N5O2S/c1-14-15(2)25-24(27-22(14)30)29-21(13-19(28-29)20-8-5-11-32-20)26-23(31)18-10-9-16-6-3-4-7-17(16)12-18/h3-13H,1-2H3,(H,26,31)(H,25,27,30). The van der Waals surface area contributed by atoms with Crippen LogP contribution in [0.1, 0.15) is 21.6 Å². The summed E-state index contributed by atoms with van der Waals surface area (Å²) in [7, 11) is 0. The molecule has 32 heavy (non-hydrogen) atoms. The van der Waals surface area contributed by atoms with E-state index in [1.54, 1.807) is 26.0 Å². The number of hydrogen-bond acceptors (Lipinski definition) is 5. The highest BCUT2D eigenvalue weighted by molar-refractivity contribution is 7.13. The smallest absolute Gasteiger partial charge is 0.256 e.